The fourth-order valence-corrected chi connectivity index (χ4v) is 5.34. The lowest BCUT2D eigenvalue weighted by Gasteiger charge is -2.33. The summed E-state index contributed by atoms with van der Waals surface area (Å²) in [5, 5.41) is 21.2. The SMILES string of the molecule is CC(C)(C)C1CCCCC1.CCCC(C)(CCC(C)Cc1ccc2cc(O)ccc2c1)C(=O)O. The van der Waals surface area contributed by atoms with Crippen molar-refractivity contribution in [2.24, 2.45) is 22.7 Å². The number of phenolic OH excluding ortho intramolecular Hbond substituents is 1. The quantitative estimate of drug-likeness (QED) is 0.406. The van der Waals surface area contributed by atoms with Crippen LogP contribution in [-0.4, -0.2) is 16.2 Å². The summed E-state index contributed by atoms with van der Waals surface area (Å²) in [6.45, 7) is 13.2. The Morgan fingerprint density at radius 1 is 0.971 bits per heavy atom. The topological polar surface area (TPSA) is 57.5 Å². The summed E-state index contributed by atoms with van der Waals surface area (Å²) < 4.78 is 0. The van der Waals surface area contributed by atoms with E-state index < -0.39 is 11.4 Å². The lowest BCUT2D eigenvalue weighted by molar-refractivity contribution is -0.149. The third-order valence-corrected chi connectivity index (χ3v) is 7.81. The summed E-state index contributed by atoms with van der Waals surface area (Å²) in [6.07, 6.45) is 11.6. The Labute approximate surface area is 208 Å². The maximum Gasteiger partial charge on any atom is 0.309 e. The number of carbonyl (C=O) groups is 1. The molecule has 0 bridgehead atoms. The average molecular weight is 469 g/mol. The van der Waals surface area contributed by atoms with Gasteiger partial charge >= 0.3 is 5.97 Å². The number of phenols is 1. The van der Waals surface area contributed by atoms with Gasteiger partial charge in [-0.1, -0.05) is 84.6 Å². The third kappa shape index (κ3) is 8.64. The number of aromatic hydroxyl groups is 1. The first-order valence-electron chi connectivity index (χ1n) is 13.4. The van der Waals surface area contributed by atoms with Gasteiger partial charge in [-0.3, -0.25) is 4.79 Å². The van der Waals surface area contributed by atoms with E-state index in [-0.39, 0.29) is 5.75 Å². The van der Waals surface area contributed by atoms with Gasteiger partial charge in [0, 0.05) is 0 Å². The van der Waals surface area contributed by atoms with Crippen LogP contribution in [0.5, 0.6) is 5.75 Å². The van der Waals surface area contributed by atoms with E-state index in [1.165, 1.54) is 37.7 Å². The van der Waals surface area contributed by atoms with Crippen LogP contribution in [0.25, 0.3) is 10.8 Å². The van der Waals surface area contributed by atoms with Crippen LogP contribution in [0.2, 0.25) is 0 Å². The van der Waals surface area contributed by atoms with Gasteiger partial charge in [-0.15, -0.1) is 0 Å². The van der Waals surface area contributed by atoms with E-state index in [0.29, 0.717) is 11.3 Å². The lowest BCUT2D eigenvalue weighted by Crippen LogP contribution is -2.28. The molecule has 0 aromatic heterocycles. The van der Waals surface area contributed by atoms with Crippen LogP contribution in [-0.2, 0) is 11.2 Å². The van der Waals surface area contributed by atoms with Gasteiger partial charge in [0.1, 0.15) is 5.75 Å². The molecule has 190 valence electrons. The Morgan fingerprint density at radius 3 is 2.15 bits per heavy atom. The largest absolute Gasteiger partial charge is 0.508 e. The Morgan fingerprint density at radius 2 is 1.59 bits per heavy atom. The van der Waals surface area contributed by atoms with Gasteiger partial charge in [0.2, 0.25) is 0 Å². The van der Waals surface area contributed by atoms with Gasteiger partial charge < -0.3 is 10.2 Å². The summed E-state index contributed by atoms with van der Waals surface area (Å²) in [5.41, 5.74) is 1.22. The summed E-state index contributed by atoms with van der Waals surface area (Å²) in [4.78, 5) is 11.5. The molecule has 0 aliphatic heterocycles. The molecule has 1 aliphatic carbocycles. The van der Waals surface area contributed by atoms with Crippen molar-refractivity contribution in [2.45, 2.75) is 106 Å². The summed E-state index contributed by atoms with van der Waals surface area (Å²) in [5.74, 6) is 1.05. The van der Waals surface area contributed by atoms with Gasteiger partial charge in [0.15, 0.2) is 0 Å². The highest BCUT2D eigenvalue weighted by molar-refractivity contribution is 5.84. The number of benzene rings is 2. The van der Waals surface area contributed by atoms with Gasteiger partial charge in [-0.25, -0.2) is 0 Å². The van der Waals surface area contributed by atoms with E-state index in [1.807, 2.05) is 26.0 Å². The van der Waals surface area contributed by atoms with Crippen LogP contribution in [0.3, 0.4) is 0 Å². The zero-order valence-electron chi connectivity index (χ0n) is 22.5. The molecule has 1 aliphatic rings. The highest BCUT2D eigenvalue weighted by atomic mass is 16.4. The minimum Gasteiger partial charge on any atom is -0.508 e. The highest BCUT2D eigenvalue weighted by Crippen LogP contribution is 2.37. The summed E-state index contributed by atoms with van der Waals surface area (Å²) in [6, 6.07) is 11.7. The monoisotopic (exact) mass is 468 g/mol. The fourth-order valence-electron chi connectivity index (χ4n) is 5.34. The van der Waals surface area contributed by atoms with E-state index in [4.69, 9.17) is 0 Å². The van der Waals surface area contributed by atoms with Crippen LogP contribution in [0, 0.1) is 22.7 Å². The van der Waals surface area contributed by atoms with Crippen molar-refractivity contribution in [3.8, 4) is 5.75 Å². The van der Waals surface area contributed by atoms with E-state index in [1.54, 1.807) is 12.1 Å². The smallest absolute Gasteiger partial charge is 0.309 e. The maximum absolute atomic E-state index is 11.5. The Bertz CT molecular complexity index is 905. The number of carboxylic acids is 1. The van der Waals surface area contributed by atoms with Crippen molar-refractivity contribution in [2.75, 3.05) is 0 Å². The third-order valence-electron chi connectivity index (χ3n) is 7.81. The van der Waals surface area contributed by atoms with E-state index in [2.05, 4.69) is 39.8 Å². The van der Waals surface area contributed by atoms with Crippen LogP contribution < -0.4 is 0 Å². The van der Waals surface area contributed by atoms with Crippen molar-refractivity contribution < 1.29 is 15.0 Å². The molecule has 0 spiro atoms. The molecule has 2 aromatic carbocycles. The molecule has 3 rings (SSSR count). The molecule has 1 saturated carbocycles. The number of hydrogen-bond donors (Lipinski definition) is 2. The van der Waals surface area contributed by atoms with Gasteiger partial charge in [0.25, 0.3) is 0 Å². The Kier molecular flexibility index (Phi) is 10.5. The van der Waals surface area contributed by atoms with Crippen molar-refractivity contribution >= 4 is 16.7 Å². The minimum atomic E-state index is -0.679. The van der Waals surface area contributed by atoms with Crippen molar-refractivity contribution in [3.05, 3.63) is 42.0 Å². The van der Waals surface area contributed by atoms with Crippen LogP contribution >= 0.6 is 0 Å². The first-order valence-corrected chi connectivity index (χ1v) is 13.4. The van der Waals surface area contributed by atoms with Crippen LogP contribution in [0.1, 0.15) is 105 Å². The molecule has 2 unspecified atom stereocenters. The van der Waals surface area contributed by atoms with Crippen molar-refractivity contribution in [3.63, 3.8) is 0 Å². The molecule has 1 fully saturated rings. The predicted octanol–water partition coefficient (Wildman–Crippen LogP) is 9.01. The standard InChI is InChI=1S/C21H28O3.C10H20/c1-4-10-21(3,20(23)24)11-9-15(2)12-16-5-6-18-14-19(22)8-7-17(18)13-16;1-10(2,3)9-7-5-4-6-8-9/h5-8,13-15,22H,4,9-12H2,1-3H3,(H,23,24);9H,4-8H2,1-3H3. The van der Waals surface area contributed by atoms with E-state index in [9.17, 15) is 15.0 Å². The molecular formula is C31H48O3. The number of rotatable bonds is 8. The first-order chi connectivity index (χ1) is 15.9. The van der Waals surface area contributed by atoms with Gasteiger partial charge in [-0.2, -0.15) is 0 Å². The van der Waals surface area contributed by atoms with Crippen LogP contribution in [0.15, 0.2) is 36.4 Å². The lowest BCUT2D eigenvalue weighted by atomic mass is 9.72. The molecule has 2 aromatic rings. The normalized spacial score (nSPS) is 17.5. The van der Waals surface area contributed by atoms with Crippen molar-refractivity contribution in [1.82, 2.24) is 0 Å². The molecule has 34 heavy (non-hydrogen) atoms. The summed E-state index contributed by atoms with van der Waals surface area (Å²) in [7, 11) is 0. The molecular weight excluding hydrogens is 420 g/mol. The van der Waals surface area contributed by atoms with Crippen molar-refractivity contribution in [1.29, 1.82) is 0 Å². The second kappa shape index (κ2) is 12.6. The number of aliphatic carboxylic acids is 1. The average Bonchev–Trinajstić information content (AvgIpc) is 2.78. The molecule has 0 radical (unpaired) electrons. The number of carboxylic acid groups (broad SMARTS) is 1. The Hall–Kier alpha value is -2.03. The first kappa shape index (κ1) is 28.2. The maximum atomic E-state index is 11.5. The second-order valence-electron chi connectivity index (χ2n) is 12.0. The number of hydrogen-bond acceptors (Lipinski definition) is 2. The molecule has 0 amide bonds. The zero-order chi connectivity index (χ0) is 25.4. The van der Waals surface area contributed by atoms with E-state index >= 15 is 0 Å². The molecule has 3 heteroatoms. The molecule has 2 N–H and O–H groups in total. The Balaban J connectivity index is 0.000000340. The summed E-state index contributed by atoms with van der Waals surface area (Å²) >= 11 is 0. The molecule has 0 heterocycles. The molecule has 2 atom stereocenters. The minimum absolute atomic E-state index is 0.285. The van der Waals surface area contributed by atoms with E-state index in [0.717, 1.165) is 48.8 Å². The number of fused-ring (bicyclic) bond motifs is 1. The molecule has 3 nitrogen and oxygen atoms in total. The van der Waals surface area contributed by atoms with Crippen LogP contribution in [0.4, 0.5) is 0 Å². The highest BCUT2D eigenvalue weighted by Gasteiger charge is 2.32. The van der Waals surface area contributed by atoms with Gasteiger partial charge in [0.05, 0.1) is 5.41 Å². The second-order valence-corrected chi connectivity index (χ2v) is 12.0. The fraction of sp³-hybridized carbons (Fsp3) is 0.645. The predicted molar refractivity (Wildman–Crippen MR) is 144 cm³/mol. The zero-order valence-corrected chi connectivity index (χ0v) is 22.5. The molecule has 0 saturated heterocycles. The van der Waals surface area contributed by atoms with Gasteiger partial charge in [-0.05, 0) is 91.2 Å².